The Hall–Kier alpha value is -5.94. The van der Waals surface area contributed by atoms with Crippen molar-refractivity contribution in [3.8, 4) is 17.2 Å². The van der Waals surface area contributed by atoms with Gasteiger partial charge in [-0.2, -0.15) is 0 Å². The van der Waals surface area contributed by atoms with Gasteiger partial charge in [0.25, 0.3) is 0 Å². The third kappa shape index (κ3) is 3.93. The minimum atomic E-state index is 0.698. The number of benzene rings is 4. The number of allylic oxidation sites excluding steroid dienone is 2. The van der Waals surface area contributed by atoms with Crippen LogP contribution >= 0.6 is 0 Å². The van der Waals surface area contributed by atoms with Gasteiger partial charge in [-0.05, 0) is 55.9 Å². The van der Waals surface area contributed by atoms with Gasteiger partial charge in [-0.15, -0.1) is 0 Å². The molecule has 0 N–H and O–H groups in total. The average molecular weight is 634 g/mol. The monoisotopic (exact) mass is 633 g/mol. The van der Waals surface area contributed by atoms with E-state index in [-0.39, 0.29) is 0 Å². The highest BCUT2D eigenvalue weighted by Crippen LogP contribution is 2.44. The molecule has 0 saturated heterocycles. The van der Waals surface area contributed by atoms with Crippen LogP contribution in [0.2, 0.25) is 0 Å². The molecular weight excluding hydrogens is 603 g/mol. The molecule has 234 valence electrons. The van der Waals surface area contributed by atoms with Crippen LogP contribution in [-0.4, -0.2) is 14.5 Å². The van der Waals surface area contributed by atoms with Gasteiger partial charge in [-0.3, -0.25) is 4.57 Å². The highest BCUT2D eigenvalue weighted by molar-refractivity contribution is 6.13. The maximum Gasteiger partial charge on any atom is 0.235 e. The Morgan fingerprint density at radius 2 is 1.49 bits per heavy atom. The molecule has 0 radical (unpaired) electrons. The van der Waals surface area contributed by atoms with E-state index in [1.807, 2.05) is 6.07 Å². The van der Waals surface area contributed by atoms with E-state index in [0.29, 0.717) is 5.95 Å². The first-order valence-electron chi connectivity index (χ1n) is 17.3. The summed E-state index contributed by atoms with van der Waals surface area (Å²) in [5.74, 6) is 1.76. The van der Waals surface area contributed by atoms with Crippen LogP contribution in [0.1, 0.15) is 53.8 Å². The van der Waals surface area contributed by atoms with E-state index >= 15 is 0 Å². The Morgan fingerprint density at radius 3 is 2.45 bits per heavy atom. The molecule has 4 aromatic carbocycles. The zero-order chi connectivity index (χ0) is 32.1. The van der Waals surface area contributed by atoms with Crippen LogP contribution in [0.3, 0.4) is 0 Å². The summed E-state index contributed by atoms with van der Waals surface area (Å²) < 4.78 is 15.6. The molecule has 0 spiro atoms. The number of fused-ring (bicyclic) bond motifs is 11. The summed E-state index contributed by atoms with van der Waals surface area (Å²) in [5.41, 5.74) is 11.9. The number of para-hydroxylation sites is 2. The van der Waals surface area contributed by atoms with E-state index in [2.05, 4.69) is 114 Å². The summed E-state index contributed by atoms with van der Waals surface area (Å²) in [6, 6.07) is 29.9. The normalized spacial score (nSPS) is 15.2. The highest BCUT2D eigenvalue weighted by atomic mass is 16.3. The molecule has 0 amide bonds. The fraction of sp³-hybridized carbons (Fsp3) is 0.136. The molecule has 5 heteroatoms. The number of rotatable bonds is 3. The van der Waals surface area contributed by atoms with E-state index in [4.69, 9.17) is 18.8 Å². The van der Waals surface area contributed by atoms with Gasteiger partial charge in [0, 0.05) is 61.1 Å². The van der Waals surface area contributed by atoms with Gasteiger partial charge in [0.2, 0.25) is 5.95 Å². The predicted octanol–water partition coefficient (Wildman–Crippen LogP) is 9.53. The molecule has 0 saturated carbocycles. The highest BCUT2D eigenvalue weighted by Gasteiger charge is 2.28. The van der Waals surface area contributed by atoms with Gasteiger partial charge < -0.3 is 8.83 Å². The van der Waals surface area contributed by atoms with Crippen molar-refractivity contribution in [2.75, 3.05) is 0 Å². The van der Waals surface area contributed by atoms with Gasteiger partial charge in [0.1, 0.15) is 16.9 Å². The van der Waals surface area contributed by atoms with E-state index in [1.54, 1.807) is 0 Å². The van der Waals surface area contributed by atoms with Crippen LogP contribution in [0.5, 0.6) is 0 Å². The molecule has 0 fully saturated rings. The van der Waals surface area contributed by atoms with Gasteiger partial charge in [-0.1, -0.05) is 97.1 Å². The van der Waals surface area contributed by atoms with E-state index in [9.17, 15) is 0 Å². The first kappa shape index (κ1) is 27.1. The number of furan rings is 2. The lowest BCUT2D eigenvalue weighted by atomic mass is 9.90. The fourth-order valence-corrected chi connectivity index (χ4v) is 8.38. The molecular formula is C44H31N3O2. The number of hydrogen-bond acceptors (Lipinski definition) is 4. The molecule has 5 nitrogen and oxygen atoms in total. The molecule has 0 unspecified atom stereocenters. The van der Waals surface area contributed by atoms with Gasteiger partial charge in [-0.25, -0.2) is 9.97 Å². The molecule has 0 bridgehead atoms. The molecule has 4 aromatic heterocycles. The van der Waals surface area contributed by atoms with Crippen LogP contribution in [0.15, 0.2) is 99.8 Å². The first-order chi connectivity index (χ1) is 24.3. The largest absolute Gasteiger partial charge is 0.458 e. The summed E-state index contributed by atoms with van der Waals surface area (Å²) in [6.45, 7) is 0. The maximum atomic E-state index is 6.80. The summed E-state index contributed by atoms with van der Waals surface area (Å²) in [7, 11) is 0. The third-order valence-electron chi connectivity index (χ3n) is 10.6. The third-order valence-corrected chi connectivity index (χ3v) is 10.6. The Morgan fingerprint density at radius 1 is 0.633 bits per heavy atom. The quantitative estimate of drug-likeness (QED) is 0.194. The van der Waals surface area contributed by atoms with Crippen molar-refractivity contribution in [1.82, 2.24) is 14.5 Å². The molecule has 3 aliphatic rings. The molecule has 0 aliphatic heterocycles. The van der Waals surface area contributed by atoms with Gasteiger partial charge in [0.15, 0.2) is 5.58 Å². The SMILES string of the molecule is C1=Cc2c(oc3c2ccc2c4c(n(-c5nc(-c6ccccc6)c6c(n5)=CCCC=6)c23)CCC(c2cccc3c2oc2ccccc23)=C4)CC1. The smallest absolute Gasteiger partial charge is 0.235 e. The van der Waals surface area contributed by atoms with Crippen LogP contribution in [0.4, 0.5) is 0 Å². The number of aryl methyl sites for hydroxylation is 1. The Bertz CT molecular complexity index is 2880. The van der Waals surface area contributed by atoms with Crippen LogP contribution in [0.25, 0.3) is 90.9 Å². The zero-order valence-electron chi connectivity index (χ0n) is 26.9. The van der Waals surface area contributed by atoms with E-state index in [1.165, 1.54) is 22.4 Å². The van der Waals surface area contributed by atoms with Gasteiger partial charge >= 0.3 is 0 Å². The lowest BCUT2D eigenvalue weighted by Gasteiger charge is -2.18. The molecule has 3 aliphatic carbocycles. The minimum Gasteiger partial charge on any atom is -0.458 e. The predicted molar refractivity (Wildman–Crippen MR) is 199 cm³/mol. The maximum absolute atomic E-state index is 6.80. The average Bonchev–Trinajstić information content (AvgIpc) is 3.84. The second-order valence-electron chi connectivity index (χ2n) is 13.4. The Labute approximate surface area is 281 Å². The van der Waals surface area contributed by atoms with Crippen molar-refractivity contribution in [2.45, 2.75) is 38.5 Å². The van der Waals surface area contributed by atoms with Crippen molar-refractivity contribution < 1.29 is 8.83 Å². The second kappa shape index (κ2) is 10.3. The van der Waals surface area contributed by atoms with Crippen molar-refractivity contribution in [3.63, 3.8) is 0 Å². The standard InChI is InChI=1S/C44H31N3O2/c1-2-11-26(12-3-1)40-34-15-4-7-18-36(34)45-44(46-40)47-37-24-21-27(28-16-10-17-32-29-13-5-8-19-38(29)48-42(28)32)25-35(37)31-22-23-33-30-14-6-9-20-39(30)49-43(33)41(31)47/h1-3,5-6,8,10-19,22-23,25H,4,7,9,20-21,24H2. The lowest BCUT2D eigenvalue weighted by molar-refractivity contribution is 0.547. The summed E-state index contributed by atoms with van der Waals surface area (Å²) in [5, 5.41) is 6.73. The minimum absolute atomic E-state index is 0.698. The molecule has 0 atom stereocenters. The van der Waals surface area contributed by atoms with Crippen molar-refractivity contribution in [2.24, 2.45) is 0 Å². The first-order valence-corrected chi connectivity index (χ1v) is 17.3. The van der Waals surface area contributed by atoms with E-state index < -0.39 is 0 Å². The number of hydrogen-bond donors (Lipinski definition) is 0. The van der Waals surface area contributed by atoms with Crippen molar-refractivity contribution >= 4 is 73.7 Å². The molecule has 49 heavy (non-hydrogen) atoms. The summed E-state index contributed by atoms with van der Waals surface area (Å²) in [6.07, 6.45) is 17.0. The lowest BCUT2D eigenvalue weighted by Crippen LogP contribution is -2.35. The van der Waals surface area contributed by atoms with E-state index in [0.717, 1.165) is 115 Å². The molecule has 4 heterocycles. The van der Waals surface area contributed by atoms with Crippen molar-refractivity contribution in [1.29, 1.82) is 0 Å². The molecule has 8 aromatic rings. The number of aromatic nitrogens is 3. The van der Waals surface area contributed by atoms with Crippen LogP contribution in [0, 0.1) is 0 Å². The van der Waals surface area contributed by atoms with Crippen LogP contribution in [-0.2, 0) is 12.8 Å². The van der Waals surface area contributed by atoms with Gasteiger partial charge in [0.05, 0.1) is 16.6 Å². The summed E-state index contributed by atoms with van der Waals surface area (Å²) >= 11 is 0. The fourth-order valence-electron chi connectivity index (χ4n) is 8.38. The molecule has 11 rings (SSSR count). The number of nitrogens with zero attached hydrogens (tertiary/aromatic N) is 3. The van der Waals surface area contributed by atoms with Crippen LogP contribution < -0.4 is 10.6 Å². The second-order valence-corrected chi connectivity index (χ2v) is 13.4. The van der Waals surface area contributed by atoms with Crippen molar-refractivity contribution in [3.05, 3.63) is 130 Å². The Kier molecular flexibility index (Phi) is 5.68. The Balaban J connectivity index is 1.22. The zero-order valence-corrected chi connectivity index (χ0v) is 26.9. The topological polar surface area (TPSA) is 57.0 Å². The summed E-state index contributed by atoms with van der Waals surface area (Å²) in [4.78, 5) is 10.7.